The third-order valence-corrected chi connectivity index (χ3v) is 2.10. The molecular weight excluding hydrogens is 338 g/mol. The molecule has 0 saturated carbocycles. The molecule has 0 aliphatic rings. The average Bonchev–Trinajstić information content (AvgIpc) is 2.77. The molecule has 0 aliphatic heterocycles. The quantitative estimate of drug-likeness (QED) is 0.864. The predicted octanol–water partition coefficient (Wildman–Crippen LogP) is 3.21. The second kappa shape index (κ2) is 5.96. The lowest BCUT2D eigenvalue weighted by molar-refractivity contribution is 0.0701. The third kappa shape index (κ3) is 4.52. The van der Waals surface area contributed by atoms with Crippen molar-refractivity contribution in [1.82, 2.24) is 19.5 Å². The van der Waals surface area contributed by atoms with E-state index in [-0.39, 0.29) is 0 Å². The van der Waals surface area contributed by atoms with Gasteiger partial charge in [0, 0.05) is 6.20 Å². The molecule has 2 heterocycles. The number of H-pyrrole nitrogens is 1. The molecule has 0 amide bonds. The van der Waals surface area contributed by atoms with Crippen LogP contribution in [0.5, 0.6) is 0 Å². The standard InChI is InChI=1S/C4H3BrF2N2.C3H3BrN2/c5-3-1-9(2-8-3)4(6)7;4-3-1-5-2-6-3/h1-2,4H;1-2H,(H,5,6). The first-order chi connectivity index (χ1) is 7.09. The van der Waals surface area contributed by atoms with Gasteiger partial charge in [0.25, 0.3) is 0 Å². The second-order valence-electron chi connectivity index (χ2n) is 2.32. The first-order valence-electron chi connectivity index (χ1n) is 3.70. The molecule has 2 aromatic rings. The monoisotopic (exact) mass is 342 g/mol. The molecule has 2 aromatic heterocycles. The van der Waals surface area contributed by atoms with Gasteiger partial charge >= 0.3 is 6.55 Å². The minimum absolute atomic E-state index is 0.419. The molecule has 0 aromatic carbocycles. The number of aromatic nitrogens is 4. The number of hydrogen-bond donors (Lipinski definition) is 1. The molecule has 82 valence electrons. The molecule has 0 unspecified atom stereocenters. The molecule has 1 N–H and O–H groups in total. The van der Waals surface area contributed by atoms with Crippen LogP contribution in [0.3, 0.4) is 0 Å². The van der Waals surface area contributed by atoms with Gasteiger partial charge in [-0.15, -0.1) is 0 Å². The maximum absolute atomic E-state index is 11.7. The Kier molecular flexibility index (Phi) is 4.89. The van der Waals surface area contributed by atoms with Crippen molar-refractivity contribution in [1.29, 1.82) is 0 Å². The smallest absolute Gasteiger partial charge is 0.319 e. The molecule has 0 saturated heterocycles. The number of nitrogens with zero attached hydrogens (tertiary/aromatic N) is 3. The van der Waals surface area contributed by atoms with Crippen molar-refractivity contribution in [3.63, 3.8) is 0 Å². The lowest BCUT2D eigenvalue weighted by Gasteiger charge is -1.94. The summed E-state index contributed by atoms with van der Waals surface area (Å²) in [7, 11) is 0. The fourth-order valence-corrected chi connectivity index (χ4v) is 1.21. The summed E-state index contributed by atoms with van der Waals surface area (Å²) in [6.07, 6.45) is 5.59. The van der Waals surface area contributed by atoms with E-state index in [1.165, 1.54) is 6.20 Å². The Hall–Kier alpha value is -0.760. The van der Waals surface area contributed by atoms with Gasteiger partial charge in [0.2, 0.25) is 0 Å². The zero-order chi connectivity index (χ0) is 11.3. The molecule has 0 radical (unpaired) electrons. The lowest BCUT2D eigenvalue weighted by Crippen LogP contribution is -1.91. The first-order valence-corrected chi connectivity index (χ1v) is 5.29. The summed E-state index contributed by atoms with van der Waals surface area (Å²) >= 11 is 6.10. The highest BCUT2D eigenvalue weighted by molar-refractivity contribution is 9.10. The SMILES string of the molecule is Brc1cnc[nH]1.FC(F)n1cnc(Br)c1. The molecule has 15 heavy (non-hydrogen) atoms. The highest BCUT2D eigenvalue weighted by Gasteiger charge is 2.03. The van der Waals surface area contributed by atoms with Crippen LogP contribution in [0.15, 0.2) is 34.3 Å². The second-order valence-corrected chi connectivity index (χ2v) is 3.99. The molecule has 8 heteroatoms. The van der Waals surface area contributed by atoms with Crippen LogP contribution in [0.1, 0.15) is 6.55 Å². The van der Waals surface area contributed by atoms with Crippen LogP contribution in [0.25, 0.3) is 0 Å². The van der Waals surface area contributed by atoms with E-state index in [9.17, 15) is 8.78 Å². The van der Waals surface area contributed by atoms with E-state index in [2.05, 4.69) is 46.8 Å². The van der Waals surface area contributed by atoms with Gasteiger partial charge in [-0.3, -0.25) is 4.57 Å². The number of rotatable bonds is 1. The first kappa shape index (κ1) is 12.3. The van der Waals surface area contributed by atoms with Crippen molar-refractivity contribution in [2.24, 2.45) is 0 Å². The maximum atomic E-state index is 11.7. The van der Waals surface area contributed by atoms with Gasteiger partial charge in [-0.25, -0.2) is 9.97 Å². The molecule has 0 atom stereocenters. The zero-order valence-electron chi connectivity index (χ0n) is 7.24. The Morgan fingerprint density at radius 1 is 1.40 bits per heavy atom. The molecule has 4 nitrogen and oxygen atoms in total. The van der Waals surface area contributed by atoms with E-state index in [0.29, 0.717) is 9.17 Å². The molecule has 2 rings (SSSR count). The number of aromatic amines is 1. The Morgan fingerprint density at radius 2 is 2.13 bits per heavy atom. The van der Waals surface area contributed by atoms with Crippen molar-refractivity contribution in [2.45, 2.75) is 6.55 Å². The van der Waals surface area contributed by atoms with Crippen molar-refractivity contribution in [2.75, 3.05) is 0 Å². The van der Waals surface area contributed by atoms with E-state index >= 15 is 0 Å². The van der Waals surface area contributed by atoms with E-state index in [1.807, 2.05) is 0 Å². The van der Waals surface area contributed by atoms with Crippen molar-refractivity contribution in [3.05, 3.63) is 34.3 Å². The van der Waals surface area contributed by atoms with Gasteiger partial charge in [0.05, 0.1) is 12.5 Å². The van der Waals surface area contributed by atoms with Gasteiger partial charge in [-0.05, 0) is 31.9 Å². The summed E-state index contributed by atoms with van der Waals surface area (Å²) in [6.45, 7) is -2.50. The number of hydrogen-bond acceptors (Lipinski definition) is 2. The molecule has 0 bridgehead atoms. The summed E-state index contributed by atoms with van der Waals surface area (Å²) in [6, 6.07) is 0. The summed E-state index contributed by atoms with van der Waals surface area (Å²) in [5.41, 5.74) is 0. The van der Waals surface area contributed by atoms with Crippen molar-refractivity contribution < 1.29 is 8.78 Å². The topological polar surface area (TPSA) is 46.5 Å². The highest BCUT2D eigenvalue weighted by Crippen LogP contribution is 2.12. The summed E-state index contributed by atoms with van der Waals surface area (Å²) in [5, 5.41) is 0. The number of imidazole rings is 2. The third-order valence-electron chi connectivity index (χ3n) is 1.26. The van der Waals surface area contributed by atoms with E-state index in [4.69, 9.17) is 0 Å². The van der Waals surface area contributed by atoms with Crippen molar-refractivity contribution >= 4 is 31.9 Å². The van der Waals surface area contributed by atoms with Crippen LogP contribution < -0.4 is 0 Å². The van der Waals surface area contributed by atoms with Crippen LogP contribution in [-0.4, -0.2) is 19.5 Å². The summed E-state index contributed by atoms with van der Waals surface area (Å²) in [4.78, 5) is 10.1. The van der Waals surface area contributed by atoms with Gasteiger partial charge < -0.3 is 4.98 Å². The highest BCUT2D eigenvalue weighted by atomic mass is 79.9. The van der Waals surface area contributed by atoms with Gasteiger partial charge in [0.15, 0.2) is 0 Å². The predicted molar refractivity (Wildman–Crippen MR) is 57.5 cm³/mol. The zero-order valence-corrected chi connectivity index (χ0v) is 10.4. The normalized spacial score (nSPS) is 9.93. The summed E-state index contributed by atoms with van der Waals surface area (Å²) in [5.74, 6) is 0. The molecular formula is C7H6Br2F2N4. The molecule has 0 aliphatic carbocycles. The largest absolute Gasteiger partial charge is 0.339 e. The molecule has 0 fully saturated rings. The average molecular weight is 344 g/mol. The number of nitrogens with one attached hydrogen (secondary N) is 1. The van der Waals surface area contributed by atoms with E-state index in [1.54, 1.807) is 12.5 Å². The maximum Gasteiger partial charge on any atom is 0.319 e. The number of halogens is 4. The van der Waals surface area contributed by atoms with Crippen LogP contribution in [0.4, 0.5) is 8.78 Å². The van der Waals surface area contributed by atoms with Gasteiger partial charge in [-0.2, -0.15) is 8.78 Å². The lowest BCUT2D eigenvalue weighted by atomic mass is 10.9. The fourth-order valence-electron chi connectivity index (χ4n) is 0.657. The van der Waals surface area contributed by atoms with E-state index in [0.717, 1.165) is 10.9 Å². The minimum atomic E-state index is -2.50. The number of alkyl halides is 2. The Balaban J connectivity index is 0.000000162. The van der Waals surface area contributed by atoms with Crippen LogP contribution in [-0.2, 0) is 0 Å². The Morgan fingerprint density at radius 3 is 2.33 bits per heavy atom. The summed E-state index contributed by atoms with van der Waals surface area (Å²) < 4.78 is 25.4. The van der Waals surface area contributed by atoms with E-state index < -0.39 is 6.55 Å². The van der Waals surface area contributed by atoms with Gasteiger partial charge in [0.1, 0.15) is 15.5 Å². The van der Waals surface area contributed by atoms with Crippen LogP contribution >= 0.6 is 31.9 Å². The minimum Gasteiger partial charge on any atom is -0.339 e. The van der Waals surface area contributed by atoms with Crippen molar-refractivity contribution in [3.8, 4) is 0 Å². The molecule has 0 spiro atoms. The van der Waals surface area contributed by atoms with Crippen LogP contribution in [0, 0.1) is 0 Å². The van der Waals surface area contributed by atoms with Crippen LogP contribution in [0.2, 0.25) is 0 Å². The Bertz CT molecular complexity index is 387. The fraction of sp³-hybridized carbons (Fsp3) is 0.143. The van der Waals surface area contributed by atoms with Gasteiger partial charge in [-0.1, -0.05) is 0 Å². The Labute approximate surface area is 101 Å².